The molecule has 8 nitrogen and oxygen atoms in total. The van der Waals surface area contributed by atoms with Crippen molar-refractivity contribution in [2.75, 3.05) is 11.9 Å². The Balaban J connectivity index is 1.33. The molecule has 0 aliphatic carbocycles. The topological polar surface area (TPSA) is 99.0 Å². The van der Waals surface area contributed by atoms with Crippen LogP contribution in [-0.4, -0.2) is 30.8 Å². The van der Waals surface area contributed by atoms with Gasteiger partial charge in [0.05, 0.1) is 45.5 Å². The van der Waals surface area contributed by atoms with Crippen molar-refractivity contribution in [1.82, 2.24) is 18.3 Å². The van der Waals surface area contributed by atoms with E-state index in [2.05, 4.69) is 19.0 Å². The molecular weight excluding hydrogens is 497 g/mol. The molecule has 5 rings (SSSR count). The highest BCUT2D eigenvalue weighted by Crippen LogP contribution is 2.24. The van der Waals surface area contributed by atoms with Crippen molar-refractivity contribution in [2.24, 2.45) is 0 Å². The molecule has 0 saturated carbocycles. The normalized spacial score (nSPS) is 11.1. The van der Waals surface area contributed by atoms with Crippen LogP contribution in [-0.2, 0) is 11.3 Å². The first kappa shape index (κ1) is 22.3. The SMILES string of the molecule is O=C(COc1cccc2nsnc12)Nc1ccc2ncn(Cc3ccc(Cl)c(Cl)c3)c(=O)c2c1. The van der Waals surface area contributed by atoms with Crippen molar-refractivity contribution in [1.29, 1.82) is 0 Å². The predicted molar refractivity (Wildman–Crippen MR) is 133 cm³/mol. The molecule has 5 aromatic rings. The summed E-state index contributed by atoms with van der Waals surface area (Å²) >= 11 is 13.1. The predicted octanol–water partition coefficient (Wildman–Crippen LogP) is 4.77. The van der Waals surface area contributed by atoms with E-state index < -0.39 is 0 Å². The number of amides is 1. The van der Waals surface area contributed by atoms with Gasteiger partial charge in [-0.05, 0) is 48.0 Å². The van der Waals surface area contributed by atoms with E-state index in [-0.39, 0.29) is 24.6 Å². The fourth-order valence-electron chi connectivity index (χ4n) is 3.42. The Morgan fingerprint density at radius 2 is 1.91 bits per heavy atom. The molecule has 170 valence electrons. The number of halogens is 2. The van der Waals surface area contributed by atoms with E-state index >= 15 is 0 Å². The fourth-order valence-corrected chi connectivity index (χ4v) is 4.28. The Kier molecular flexibility index (Phi) is 6.14. The molecule has 0 radical (unpaired) electrons. The number of carbonyl (C=O) groups excluding carboxylic acids is 1. The van der Waals surface area contributed by atoms with Gasteiger partial charge in [-0.2, -0.15) is 8.75 Å². The van der Waals surface area contributed by atoms with Gasteiger partial charge in [0.2, 0.25) is 0 Å². The molecule has 0 atom stereocenters. The molecule has 11 heteroatoms. The number of rotatable bonds is 6. The maximum Gasteiger partial charge on any atom is 0.262 e. The third-order valence-corrected chi connectivity index (χ3v) is 6.33. The van der Waals surface area contributed by atoms with Gasteiger partial charge in [0.1, 0.15) is 16.8 Å². The molecule has 2 aromatic heterocycles. The number of benzene rings is 3. The summed E-state index contributed by atoms with van der Waals surface area (Å²) in [6.07, 6.45) is 1.48. The smallest absolute Gasteiger partial charge is 0.262 e. The van der Waals surface area contributed by atoms with E-state index in [9.17, 15) is 9.59 Å². The summed E-state index contributed by atoms with van der Waals surface area (Å²) in [5.41, 5.74) is 2.87. The quantitative estimate of drug-likeness (QED) is 0.352. The van der Waals surface area contributed by atoms with Crippen molar-refractivity contribution in [3.63, 3.8) is 0 Å². The van der Waals surface area contributed by atoms with E-state index in [0.29, 0.717) is 43.4 Å². The van der Waals surface area contributed by atoms with Crippen LogP contribution in [0, 0.1) is 0 Å². The molecule has 2 heterocycles. The van der Waals surface area contributed by atoms with Crippen LogP contribution >= 0.6 is 34.9 Å². The van der Waals surface area contributed by atoms with Gasteiger partial charge >= 0.3 is 0 Å². The minimum Gasteiger partial charge on any atom is -0.481 e. The summed E-state index contributed by atoms with van der Waals surface area (Å²) in [7, 11) is 0. The van der Waals surface area contributed by atoms with Crippen molar-refractivity contribution >= 4 is 68.5 Å². The zero-order valence-corrected chi connectivity index (χ0v) is 19.7. The van der Waals surface area contributed by atoms with Gasteiger partial charge in [-0.1, -0.05) is 35.3 Å². The largest absolute Gasteiger partial charge is 0.481 e. The second-order valence-electron chi connectivity index (χ2n) is 7.38. The van der Waals surface area contributed by atoms with E-state index in [1.807, 2.05) is 6.07 Å². The number of anilines is 1. The minimum absolute atomic E-state index is 0.219. The highest BCUT2D eigenvalue weighted by atomic mass is 35.5. The van der Waals surface area contributed by atoms with E-state index in [0.717, 1.165) is 17.3 Å². The average molecular weight is 512 g/mol. The summed E-state index contributed by atoms with van der Waals surface area (Å²) in [5, 5.41) is 3.98. The maximum absolute atomic E-state index is 13.0. The lowest BCUT2D eigenvalue weighted by Gasteiger charge is -2.10. The van der Waals surface area contributed by atoms with Gasteiger partial charge in [0.25, 0.3) is 11.5 Å². The standard InChI is InChI=1S/C23H15Cl2N5O3S/c24-16-6-4-13(8-17(16)25)10-30-12-26-18-7-5-14(9-15(18)23(30)32)27-21(31)11-33-20-3-1-2-19-22(20)29-34-28-19/h1-9,12H,10-11H2,(H,27,31). The summed E-state index contributed by atoms with van der Waals surface area (Å²) in [6.45, 7) is 0.0589. The summed E-state index contributed by atoms with van der Waals surface area (Å²) < 4.78 is 15.4. The number of nitrogens with one attached hydrogen (secondary N) is 1. The molecule has 34 heavy (non-hydrogen) atoms. The zero-order chi connectivity index (χ0) is 23.7. The lowest BCUT2D eigenvalue weighted by atomic mass is 10.2. The number of nitrogens with zero attached hydrogens (tertiary/aromatic N) is 4. The monoisotopic (exact) mass is 511 g/mol. The van der Waals surface area contributed by atoms with Crippen LogP contribution in [0.15, 0.2) is 65.7 Å². The first-order valence-electron chi connectivity index (χ1n) is 10.0. The Morgan fingerprint density at radius 3 is 2.76 bits per heavy atom. The van der Waals surface area contributed by atoms with Gasteiger partial charge in [-0.25, -0.2) is 4.98 Å². The average Bonchev–Trinajstić information content (AvgIpc) is 3.32. The number of hydrogen-bond donors (Lipinski definition) is 1. The molecule has 1 amide bonds. The Bertz CT molecular complexity index is 1600. The van der Waals surface area contributed by atoms with Gasteiger partial charge in [-0.15, -0.1) is 0 Å². The maximum atomic E-state index is 13.0. The van der Waals surface area contributed by atoms with Gasteiger partial charge < -0.3 is 10.1 Å². The highest BCUT2D eigenvalue weighted by Gasteiger charge is 2.11. The van der Waals surface area contributed by atoms with E-state index in [1.165, 1.54) is 10.9 Å². The second-order valence-corrected chi connectivity index (χ2v) is 8.73. The highest BCUT2D eigenvalue weighted by molar-refractivity contribution is 7.00. The summed E-state index contributed by atoms with van der Waals surface area (Å²) in [4.78, 5) is 29.9. The number of hydrogen-bond acceptors (Lipinski definition) is 7. The molecule has 1 N–H and O–H groups in total. The van der Waals surface area contributed by atoms with Crippen LogP contribution in [0.25, 0.3) is 21.9 Å². The van der Waals surface area contributed by atoms with Crippen molar-refractivity contribution in [2.45, 2.75) is 6.54 Å². The van der Waals surface area contributed by atoms with Gasteiger partial charge in [0.15, 0.2) is 6.61 Å². The van der Waals surface area contributed by atoms with E-state index in [4.69, 9.17) is 27.9 Å². The number of fused-ring (bicyclic) bond motifs is 2. The number of aromatic nitrogens is 4. The first-order valence-corrected chi connectivity index (χ1v) is 11.5. The molecule has 0 unspecified atom stereocenters. The third-order valence-electron chi connectivity index (χ3n) is 5.05. The molecule has 0 spiro atoms. The van der Waals surface area contributed by atoms with Crippen LogP contribution in [0.4, 0.5) is 5.69 Å². The fraction of sp³-hybridized carbons (Fsp3) is 0.0870. The lowest BCUT2D eigenvalue weighted by molar-refractivity contribution is -0.118. The van der Waals surface area contributed by atoms with Crippen LogP contribution in [0.1, 0.15) is 5.56 Å². The van der Waals surface area contributed by atoms with Crippen LogP contribution in [0.2, 0.25) is 10.0 Å². The summed E-state index contributed by atoms with van der Waals surface area (Å²) in [5.74, 6) is 0.105. The summed E-state index contributed by atoms with van der Waals surface area (Å²) in [6, 6.07) is 15.5. The molecular formula is C23H15Cl2N5O3S. The molecule has 0 aliphatic heterocycles. The van der Waals surface area contributed by atoms with Crippen LogP contribution in [0.3, 0.4) is 0 Å². The van der Waals surface area contributed by atoms with Crippen LogP contribution in [0.5, 0.6) is 5.75 Å². The van der Waals surface area contributed by atoms with Crippen molar-refractivity contribution in [3.05, 3.63) is 86.9 Å². The van der Waals surface area contributed by atoms with Crippen LogP contribution < -0.4 is 15.6 Å². The second kappa shape index (κ2) is 9.38. The molecule has 0 saturated heterocycles. The van der Waals surface area contributed by atoms with E-state index in [1.54, 1.807) is 48.5 Å². The Hall–Kier alpha value is -3.53. The third kappa shape index (κ3) is 4.58. The molecule has 0 fully saturated rings. The van der Waals surface area contributed by atoms with Gasteiger partial charge in [0, 0.05) is 5.69 Å². The van der Waals surface area contributed by atoms with Crippen molar-refractivity contribution in [3.8, 4) is 5.75 Å². The molecule has 0 aliphatic rings. The minimum atomic E-state index is -0.375. The Morgan fingerprint density at radius 1 is 1.03 bits per heavy atom. The molecule has 0 bridgehead atoms. The zero-order valence-electron chi connectivity index (χ0n) is 17.4. The van der Waals surface area contributed by atoms with Gasteiger partial charge in [-0.3, -0.25) is 14.2 Å². The molecule has 3 aromatic carbocycles. The first-order chi connectivity index (χ1) is 16.5. The number of ether oxygens (including phenoxy) is 1. The Labute approximate surface area is 207 Å². The van der Waals surface area contributed by atoms with Crippen molar-refractivity contribution < 1.29 is 9.53 Å². The lowest BCUT2D eigenvalue weighted by Crippen LogP contribution is -2.22. The number of carbonyl (C=O) groups is 1.